The Kier molecular flexibility index (Phi) is 5.13. The van der Waals surface area contributed by atoms with Gasteiger partial charge in [-0.25, -0.2) is 9.97 Å². The largest absolute Gasteiger partial charge is 0.458 e. The van der Waals surface area contributed by atoms with Crippen molar-refractivity contribution in [3.05, 3.63) is 51.7 Å². The highest BCUT2D eigenvalue weighted by Gasteiger charge is 2.27. The maximum absolute atomic E-state index is 12.7. The van der Waals surface area contributed by atoms with Crippen LogP contribution in [0.1, 0.15) is 23.2 Å². The maximum Gasteiger partial charge on any atom is 0.316 e. The van der Waals surface area contributed by atoms with Crippen molar-refractivity contribution >= 4 is 33.4 Å². The highest BCUT2D eigenvalue weighted by Crippen LogP contribution is 2.24. The molecule has 3 rings (SSSR count). The summed E-state index contributed by atoms with van der Waals surface area (Å²) in [7, 11) is 0. The third-order valence-electron chi connectivity index (χ3n) is 3.64. The summed E-state index contributed by atoms with van der Waals surface area (Å²) in [6, 6.07) is 7.35. The van der Waals surface area contributed by atoms with E-state index in [1.54, 1.807) is 35.5 Å². The second-order valence-electron chi connectivity index (χ2n) is 5.29. The highest BCUT2D eigenvalue weighted by atomic mass is 79.9. The number of hydrogen-bond acceptors (Lipinski definition) is 4. The second-order valence-corrected chi connectivity index (χ2v) is 6.61. The monoisotopic (exact) mass is 395 g/mol. The zero-order chi connectivity index (χ0) is 16.2. The van der Waals surface area contributed by atoms with Crippen LogP contribution >= 0.6 is 27.5 Å². The van der Waals surface area contributed by atoms with Gasteiger partial charge in [0, 0.05) is 23.4 Å². The lowest BCUT2D eigenvalue weighted by Crippen LogP contribution is -2.44. The van der Waals surface area contributed by atoms with E-state index >= 15 is 0 Å². The standard InChI is InChI=1S/C16H15BrClN3O2/c17-11-4-5-14(18)13(9-11)15(22)21-8-1-3-12(10-21)23-16-19-6-2-7-20-16/h2,4-7,9,12H,1,3,8,10H2. The summed E-state index contributed by atoms with van der Waals surface area (Å²) in [5.74, 6) is -0.0846. The van der Waals surface area contributed by atoms with Crippen LogP contribution in [0.2, 0.25) is 5.02 Å². The first-order valence-electron chi connectivity index (χ1n) is 7.31. The molecule has 0 N–H and O–H groups in total. The summed E-state index contributed by atoms with van der Waals surface area (Å²) in [6.07, 6.45) is 4.90. The molecule has 1 aliphatic rings. The zero-order valence-corrected chi connectivity index (χ0v) is 14.6. The van der Waals surface area contributed by atoms with E-state index in [1.807, 2.05) is 6.07 Å². The molecule has 23 heavy (non-hydrogen) atoms. The smallest absolute Gasteiger partial charge is 0.316 e. The lowest BCUT2D eigenvalue weighted by atomic mass is 10.1. The van der Waals surface area contributed by atoms with E-state index in [2.05, 4.69) is 25.9 Å². The van der Waals surface area contributed by atoms with Gasteiger partial charge in [0.2, 0.25) is 0 Å². The van der Waals surface area contributed by atoms with Gasteiger partial charge in [-0.05, 0) is 37.1 Å². The molecular weight excluding hydrogens is 382 g/mol. The number of piperidine rings is 1. The number of carbonyl (C=O) groups is 1. The lowest BCUT2D eigenvalue weighted by molar-refractivity contribution is 0.0516. The minimum atomic E-state index is -0.110. The van der Waals surface area contributed by atoms with E-state index in [1.165, 1.54) is 0 Å². The van der Waals surface area contributed by atoms with Crippen molar-refractivity contribution < 1.29 is 9.53 Å². The molecule has 0 spiro atoms. The molecule has 5 nitrogen and oxygen atoms in total. The number of halogens is 2. The fourth-order valence-electron chi connectivity index (χ4n) is 2.55. The van der Waals surface area contributed by atoms with Gasteiger partial charge in [0.05, 0.1) is 17.1 Å². The quantitative estimate of drug-likeness (QED) is 0.796. The molecule has 0 aliphatic carbocycles. The van der Waals surface area contributed by atoms with Gasteiger partial charge in [0.25, 0.3) is 5.91 Å². The molecular formula is C16H15BrClN3O2. The van der Waals surface area contributed by atoms with Crippen molar-refractivity contribution in [2.24, 2.45) is 0 Å². The first kappa shape index (κ1) is 16.2. The van der Waals surface area contributed by atoms with E-state index in [0.717, 1.165) is 17.3 Å². The molecule has 0 saturated carbocycles. The minimum absolute atomic E-state index is 0.0846. The summed E-state index contributed by atoms with van der Waals surface area (Å²) in [5.41, 5.74) is 0.498. The number of amides is 1. The van der Waals surface area contributed by atoms with Crippen LogP contribution in [0.3, 0.4) is 0 Å². The van der Waals surface area contributed by atoms with E-state index in [0.29, 0.717) is 29.7 Å². The van der Waals surface area contributed by atoms with Gasteiger partial charge in [-0.1, -0.05) is 27.5 Å². The predicted molar refractivity (Wildman–Crippen MR) is 90.7 cm³/mol. The van der Waals surface area contributed by atoms with E-state index in [-0.39, 0.29) is 12.0 Å². The first-order chi connectivity index (χ1) is 11.1. The number of carbonyl (C=O) groups excluding carboxylic acids is 1. The molecule has 0 bridgehead atoms. The van der Waals surface area contributed by atoms with Gasteiger partial charge in [-0.2, -0.15) is 0 Å². The highest BCUT2D eigenvalue weighted by molar-refractivity contribution is 9.10. The van der Waals surface area contributed by atoms with Crippen molar-refractivity contribution in [1.29, 1.82) is 0 Å². The van der Waals surface area contributed by atoms with Crippen molar-refractivity contribution in [3.63, 3.8) is 0 Å². The van der Waals surface area contributed by atoms with Gasteiger partial charge in [0.1, 0.15) is 6.10 Å². The van der Waals surface area contributed by atoms with Gasteiger partial charge in [-0.15, -0.1) is 0 Å². The Labute approximate surface area is 147 Å². The Hall–Kier alpha value is -1.66. The SMILES string of the molecule is O=C(c1cc(Br)ccc1Cl)N1CCCC(Oc2ncccn2)C1. The number of rotatable bonds is 3. The molecule has 1 amide bonds. The van der Waals surface area contributed by atoms with Crippen LogP contribution in [0.4, 0.5) is 0 Å². The molecule has 120 valence electrons. The molecule has 1 atom stereocenters. The summed E-state index contributed by atoms with van der Waals surface area (Å²) in [4.78, 5) is 22.6. The number of hydrogen-bond donors (Lipinski definition) is 0. The first-order valence-corrected chi connectivity index (χ1v) is 8.48. The molecule has 7 heteroatoms. The van der Waals surface area contributed by atoms with Gasteiger partial charge in [-0.3, -0.25) is 4.79 Å². The van der Waals surface area contributed by atoms with Gasteiger partial charge < -0.3 is 9.64 Å². The van der Waals surface area contributed by atoms with Crippen molar-refractivity contribution in [2.75, 3.05) is 13.1 Å². The summed E-state index contributed by atoms with van der Waals surface area (Å²) >= 11 is 9.53. The molecule has 1 aromatic carbocycles. The molecule has 1 fully saturated rings. The topological polar surface area (TPSA) is 55.3 Å². The normalized spacial score (nSPS) is 17.8. The molecule has 1 aromatic heterocycles. The van der Waals surface area contributed by atoms with Crippen molar-refractivity contribution in [2.45, 2.75) is 18.9 Å². The second kappa shape index (κ2) is 7.27. The lowest BCUT2D eigenvalue weighted by Gasteiger charge is -2.32. The average molecular weight is 397 g/mol. The van der Waals surface area contributed by atoms with E-state index in [9.17, 15) is 4.79 Å². The van der Waals surface area contributed by atoms with Crippen LogP contribution in [0.25, 0.3) is 0 Å². The minimum Gasteiger partial charge on any atom is -0.458 e. The van der Waals surface area contributed by atoms with Crippen molar-refractivity contribution in [3.8, 4) is 6.01 Å². The third kappa shape index (κ3) is 4.00. The van der Waals surface area contributed by atoms with Crippen LogP contribution in [-0.4, -0.2) is 40.0 Å². The Balaban J connectivity index is 1.70. The Bertz CT molecular complexity index is 699. The molecule has 1 aliphatic heterocycles. The number of nitrogens with zero attached hydrogens (tertiary/aromatic N) is 3. The van der Waals surface area contributed by atoms with E-state index in [4.69, 9.17) is 16.3 Å². The van der Waals surface area contributed by atoms with Gasteiger partial charge in [0.15, 0.2) is 0 Å². The molecule has 2 aromatic rings. The molecule has 2 heterocycles. The number of benzene rings is 1. The number of aromatic nitrogens is 2. The Morgan fingerprint density at radius 2 is 2.13 bits per heavy atom. The summed E-state index contributed by atoms with van der Waals surface area (Å²) < 4.78 is 6.59. The molecule has 1 saturated heterocycles. The molecule has 0 radical (unpaired) electrons. The van der Waals surface area contributed by atoms with Crippen LogP contribution in [0.5, 0.6) is 6.01 Å². The van der Waals surface area contributed by atoms with Crippen LogP contribution < -0.4 is 4.74 Å². The van der Waals surface area contributed by atoms with Crippen LogP contribution in [-0.2, 0) is 0 Å². The number of likely N-dealkylation sites (tertiary alicyclic amines) is 1. The van der Waals surface area contributed by atoms with Gasteiger partial charge >= 0.3 is 6.01 Å². The summed E-state index contributed by atoms with van der Waals surface area (Å²) in [5, 5.41) is 0.452. The van der Waals surface area contributed by atoms with Crippen LogP contribution in [0.15, 0.2) is 41.1 Å². The fourth-order valence-corrected chi connectivity index (χ4v) is 3.11. The predicted octanol–water partition coefficient (Wildman–Crippen LogP) is 3.58. The average Bonchev–Trinajstić information content (AvgIpc) is 2.57. The number of ether oxygens (including phenoxy) is 1. The molecule has 1 unspecified atom stereocenters. The fraction of sp³-hybridized carbons (Fsp3) is 0.312. The zero-order valence-electron chi connectivity index (χ0n) is 12.3. The Morgan fingerprint density at radius 3 is 2.91 bits per heavy atom. The van der Waals surface area contributed by atoms with Crippen LogP contribution in [0, 0.1) is 0 Å². The van der Waals surface area contributed by atoms with Crippen molar-refractivity contribution in [1.82, 2.24) is 14.9 Å². The van der Waals surface area contributed by atoms with E-state index < -0.39 is 0 Å². The summed E-state index contributed by atoms with van der Waals surface area (Å²) in [6.45, 7) is 1.19. The Morgan fingerprint density at radius 1 is 1.35 bits per heavy atom. The third-order valence-corrected chi connectivity index (χ3v) is 4.46. The maximum atomic E-state index is 12.7.